The summed E-state index contributed by atoms with van der Waals surface area (Å²) in [5.74, 6) is 0. The van der Waals surface area contributed by atoms with E-state index in [4.69, 9.17) is 0 Å². The highest BCUT2D eigenvalue weighted by Gasteiger charge is 2.42. The van der Waals surface area contributed by atoms with Crippen LogP contribution in [0.25, 0.3) is 0 Å². The Morgan fingerprint density at radius 2 is 1.80 bits per heavy atom. The maximum Gasteiger partial charge on any atom is 0.335 e. The van der Waals surface area contributed by atoms with Gasteiger partial charge in [-0.1, -0.05) is 43.7 Å². The van der Waals surface area contributed by atoms with E-state index in [9.17, 15) is 14.4 Å². The van der Waals surface area contributed by atoms with Crippen molar-refractivity contribution in [2.75, 3.05) is 0 Å². The first kappa shape index (κ1) is 12.4. The van der Waals surface area contributed by atoms with E-state index < -0.39 is 12.8 Å². The maximum absolute atomic E-state index is 11.5. The van der Waals surface area contributed by atoms with Crippen LogP contribution in [0.15, 0.2) is 30.3 Å². The summed E-state index contributed by atoms with van der Waals surface area (Å²) in [6.07, 6.45) is 1.23. The molecule has 0 bridgehead atoms. The van der Waals surface area contributed by atoms with Gasteiger partial charge < -0.3 is 9.79 Å². The molecule has 1 atom stereocenters. The Labute approximate surface area is 90.3 Å². The summed E-state index contributed by atoms with van der Waals surface area (Å²) < 4.78 is 11.5. The molecule has 1 unspecified atom stereocenters. The Balaban J connectivity index is 3.19. The summed E-state index contributed by atoms with van der Waals surface area (Å²) >= 11 is 0. The lowest BCUT2D eigenvalue weighted by Gasteiger charge is -2.30. The van der Waals surface area contributed by atoms with E-state index in [2.05, 4.69) is 0 Å². The van der Waals surface area contributed by atoms with Gasteiger partial charge in [-0.15, -0.1) is 0 Å². The summed E-state index contributed by atoms with van der Waals surface area (Å²) in [7, 11) is -4.13. The van der Waals surface area contributed by atoms with Gasteiger partial charge >= 0.3 is 7.60 Å². The van der Waals surface area contributed by atoms with Crippen molar-refractivity contribution in [3.63, 3.8) is 0 Å². The van der Waals surface area contributed by atoms with E-state index in [-0.39, 0.29) is 0 Å². The zero-order chi connectivity index (χ0) is 11.5. The topological polar surface area (TPSA) is 57.5 Å². The molecule has 0 fully saturated rings. The second-order valence-electron chi connectivity index (χ2n) is 3.93. The molecule has 0 heterocycles. The first-order valence-corrected chi connectivity index (χ1v) is 6.64. The fourth-order valence-electron chi connectivity index (χ4n) is 1.74. The third-order valence-corrected chi connectivity index (χ3v) is 4.54. The molecule has 0 saturated carbocycles. The monoisotopic (exact) mass is 228 g/mol. The Morgan fingerprint density at radius 3 is 2.20 bits per heavy atom. The zero-order valence-electron chi connectivity index (χ0n) is 9.05. The predicted molar refractivity (Wildman–Crippen MR) is 60.7 cm³/mol. The molecule has 0 saturated heterocycles. The van der Waals surface area contributed by atoms with E-state index in [1.54, 1.807) is 31.2 Å². The highest BCUT2D eigenvalue weighted by Crippen LogP contribution is 2.59. The molecule has 3 nitrogen and oxygen atoms in total. The van der Waals surface area contributed by atoms with Gasteiger partial charge in [0.25, 0.3) is 0 Å². The minimum absolute atomic E-state index is 0.487. The molecular formula is C11H17O3P. The lowest BCUT2D eigenvalue weighted by Crippen LogP contribution is -2.21. The second-order valence-corrected chi connectivity index (χ2v) is 6.01. The molecule has 84 valence electrons. The molecule has 0 aliphatic rings. The van der Waals surface area contributed by atoms with Crippen molar-refractivity contribution in [3.05, 3.63) is 35.9 Å². The molecule has 0 amide bonds. The van der Waals surface area contributed by atoms with Crippen molar-refractivity contribution in [2.45, 2.75) is 31.8 Å². The Hall–Kier alpha value is -0.630. The van der Waals surface area contributed by atoms with Crippen LogP contribution in [0.3, 0.4) is 0 Å². The quantitative estimate of drug-likeness (QED) is 0.779. The second kappa shape index (κ2) is 4.48. The van der Waals surface area contributed by atoms with Gasteiger partial charge in [-0.25, -0.2) is 0 Å². The molecule has 1 rings (SSSR count). The lowest BCUT2D eigenvalue weighted by atomic mass is 9.95. The van der Waals surface area contributed by atoms with Crippen molar-refractivity contribution in [1.82, 2.24) is 0 Å². The highest BCUT2D eigenvalue weighted by molar-refractivity contribution is 7.53. The van der Waals surface area contributed by atoms with Crippen LogP contribution >= 0.6 is 7.60 Å². The minimum atomic E-state index is -4.13. The van der Waals surface area contributed by atoms with Crippen molar-refractivity contribution in [1.29, 1.82) is 0 Å². The van der Waals surface area contributed by atoms with E-state index >= 15 is 0 Å². The predicted octanol–water partition coefficient (Wildman–Crippen LogP) is 2.88. The van der Waals surface area contributed by atoms with Crippen LogP contribution in [0.4, 0.5) is 0 Å². The standard InChI is InChI=1S/C11H17O3P/c1-3-9-11(2,15(12,13)14)10-7-5-4-6-8-10/h4-8H,3,9H2,1-2H3,(H2,12,13,14). The van der Waals surface area contributed by atoms with Crippen molar-refractivity contribution < 1.29 is 14.4 Å². The molecule has 0 radical (unpaired) electrons. The van der Waals surface area contributed by atoms with Gasteiger partial charge in [-0.3, -0.25) is 4.57 Å². The SMILES string of the molecule is CCCC(C)(c1ccccc1)P(=O)(O)O. The van der Waals surface area contributed by atoms with Crippen molar-refractivity contribution in [2.24, 2.45) is 0 Å². The fraction of sp³-hybridized carbons (Fsp3) is 0.455. The average Bonchev–Trinajstić information content (AvgIpc) is 2.18. The van der Waals surface area contributed by atoms with Gasteiger partial charge in [0, 0.05) is 0 Å². The van der Waals surface area contributed by atoms with Gasteiger partial charge in [0.05, 0.1) is 5.16 Å². The Morgan fingerprint density at radius 1 is 1.27 bits per heavy atom. The van der Waals surface area contributed by atoms with Crippen LogP contribution in [0.1, 0.15) is 32.3 Å². The third kappa shape index (κ3) is 2.49. The molecule has 4 heteroatoms. The number of hydrogen-bond donors (Lipinski definition) is 2. The van der Waals surface area contributed by atoms with Crippen LogP contribution in [0.2, 0.25) is 0 Å². The fourth-order valence-corrected chi connectivity index (χ4v) is 2.74. The largest absolute Gasteiger partial charge is 0.335 e. The zero-order valence-corrected chi connectivity index (χ0v) is 9.95. The van der Waals surface area contributed by atoms with Gasteiger partial charge in [-0.05, 0) is 18.9 Å². The van der Waals surface area contributed by atoms with Gasteiger partial charge in [0.2, 0.25) is 0 Å². The first-order valence-electron chi connectivity index (χ1n) is 5.03. The summed E-state index contributed by atoms with van der Waals surface area (Å²) in [5, 5.41) is -1.05. The van der Waals surface area contributed by atoms with Crippen molar-refractivity contribution >= 4 is 7.60 Å². The molecule has 1 aromatic carbocycles. The third-order valence-electron chi connectivity index (χ3n) is 2.78. The summed E-state index contributed by atoms with van der Waals surface area (Å²) in [4.78, 5) is 18.9. The number of benzene rings is 1. The molecule has 0 aliphatic heterocycles. The van der Waals surface area contributed by atoms with E-state index in [1.807, 2.05) is 13.0 Å². The lowest BCUT2D eigenvalue weighted by molar-refractivity contribution is 0.323. The molecular weight excluding hydrogens is 211 g/mol. The number of hydrogen-bond acceptors (Lipinski definition) is 1. The van der Waals surface area contributed by atoms with E-state index in [0.29, 0.717) is 12.0 Å². The van der Waals surface area contributed by atoms with Gasteiger partial charge in [-0.2, -0.15) is 0 Å². The molecule has 0 aromatic heterocycles. The Bertz CT molecular complexity index is 357. The molecule has 2 N–H and O–H groups in total. The van der Waals surface area contributed by atoms with E-state index in [0.717, 1.165) is 6.42 Å². The van der Waals surface area contributed by atoms with Crippen molar-refractivity contribution in [3.8, 4) is 0 Å². The summed E-state index contributed by atoms with van der Waals surface area (Å²) in [6.45, 7) is 3.56. The summed E-state index contributed by atoms with van der Waals surface area (Å²) in [5.41, 5.74) is 0.709. The van der Waals surface area contributed by atoms with Gasteiger partial charge in [0.1, 0.15) is 0 Å². The molecule has 15 heavy (non-hydrogen) atoms. The highest BCUT2D eigenvalue weighted by atomic mass is 31.2. The van der Waals surface area contributed by atoms with Crippen LogP contribution < -0.4 is 0 Å². The maximum atomic E-state index is 11.5. The average molecular weight is 228 g/mol. The molecule has 0 spiro atoms. The number of rotatable bonds is 4. The smallest absolute Gasteiger partial charge is 0.324 e. The van der Waals surface area contributed by atoms with Crippen LogP contribution in [0.5, 0.6) is 0 Å². The minimum Gasteiger partial charge on any atom is -0.324 e. The van der Waals surface area contributed by atoms with Crippen LogP contribution in [-0.4, -0.2) is 9.79 Å². The molecule has 1 aromatic rings. The Kier molecular flexibility index (Phi) is 3.72. The molecule has 0 aliphatic carbocycles. The van der Waals surface area contributed by atoms with Crippen LogP contribution in [-0.2, 0) is 9.72 Å². The van der Waals surface area contributed by atoms with Crippen LogP contribution in [0, 0.1) is 0 Å². The van der Waals surface area contributed by atoms with Gasteiger partial charge in [0.15, 0.2) is 0 Å². The first-order chi connectivity index (χ1) is 6.92. The summed E-state index contributed by atoms with van der Waals surface area (Å²) in [6, 6.07) is 9.00. The van der Waals surface area contributed by atoms with E-state index in [1.165, 1.54) is 0 Å². The normalized spacial score (nSPS) is 16.0.